The van der Waals surface area contributed by atoms with E-state index >= 15 is 0 Å². The Kier molecular flexibility index (Phi) is 8.18. The van der Waals surface area contributed by atoms with Crippen LogP contribution in [0.5, 0.6) is 0 Å². The van der Waals surface area contributed by atoms with Crippen molar-refractivity contribution in [2.75, 3.05) is 11.9 Å². The second-order valence-electron chi connectivity index (χ2n) is 12.4. The third-order valence-corrected chi connectivity index (χ3v) is 9.46. The summed E-state index contributed by atoms with van der Waals surface area (Å²) in [6, 6.07) is 7.20. The lowest BCUT2D eigenvalue weighted by atomic mass is 9.74. The summed E-state index contributed by atoms with van der Waals surface area (Å²) in [6.45, 7) is 9.12. The van der Waals surface area contributed by atoms with E-state index in [0.717, 1.165) is 44.9 Å². The van der Waals surface area contributed by atoms with Gasteiger partial charge in [-0.1, -0.05) is 84.1 Å². The third-order valence-electron chi connectivity index (χ3n) is 9.46. The predicted molar refractivity (Wildman–Crippen MR) is 152 cm³/mol. The minimum atomic E-state index is -1.10. The van der Waals surface area contributed by atoms with Crippen molar-refractivity contribution in [3.63, 3.8) is 0 Å². The van der Waals surface area contributed by atoms with Gasteiger partial charge in [-0.05, 0) is 48.8 Å². The zero-order valence-electron chi connectivity index (χ0n) is 23.9. The minimum Gasteiger partial charge on any atom is -0.359 e. The molecule has 1 aromatic carbocycles. The van der Waals surface area contributed by atoms with Gasteiger partial charge in [0.15, 0.2) is 0 Å². The molecule has 7 heteroatoms. The molecule has 0 radical (unpaired) electrons. The molecular weight excluding hydrogens is 490 g/mol. The molecule has 1 saturated carbocycles. The molecule has 3 heterocycles. The third kappa shape index (κ3) is 5.15. The summed E-state index contributed by atoms with van der Waals surface area (Å²) in [7, 11) is 0. The zero-order valence-corrected chi connectivity index (χ0v) is 23.9. The van der Waals surface area contributed by atoms with Crippen molar-refractivity contribution in [3.8, 4) is 0 Å². The zero-order chi connectivity index (χ0) is 27.7. The number of benzene rings is 1. The Morgan fingerprint density at radius 2 is 1.82 bits per heavy atom. The van der Waals surface area contributed by atoms with Gasteiger partial charge in [-0.15, -0.1) is 0 Å². The van der Waals surface area contributed by atoms with E-state index in [1.165, 1.54) is 12.0 Å². The predicted octanol–water partition coefficient (Wildman–Crippen LogP) is 5.17. The summed E-state index contributed by atoms with van der Waals surface area (Å²) >= 11 is 0. The first-order valence-corrected chi connectivity index (χ1v) is 15.2. The van der Waals surface area contributed by atoms with Crippen LogP contribution in [-0.2, 0) is 19.1 Å². The number of nitrogens with zero attached hydrogens (tertiary/aromatic N) is 1. The average molecular weight is 536 g/mol. The number of hydrogen-bond acceptors (Lipinski definition) is 4. The second kappa shape index (κ2) is 11.4. The maximum absolute atomic E-state index is 14.0. The number of nitrogens with one attached hydrogen (secondary N) is 2. The SMILES string of the molecule is CCCCCCN1C(=O)[C@H]2[C@H](C(=O)Nc3ccc(C(C)C)cc3)[C@H]3C=C[C@@]2(O3)[C@@H]1C(=O)N[C@H]1CCCC[C@H]1C. The lowest BCUT2D eigenvalue weighted by molar-refractivity contribution is -0.141. The van der Waals surface area contributed by atoms with Gasteiger partial charge in [0, 0.05) is 18.3 Å². The van der Waals surface area contributed by atoms with Crippen LogP contribution in [0.1, 0.15) is 90.5 Å². The van der Waals surface area contributed by atoms with Crippen molar-refractivity contribution >= 4 is 23.4 Å². The fraction of sp³-hybridized carbons (Fsp3) is 0.656. The Morgan fingerprint density at radius 1 is 1.08 bits per heavy atom. The van der Waals surface area contributed by atoms with E-state index in [9.17, 15) is 14.4 Å². The van der Waals surface area contributed by atoms with Crippen LogP contribution in [0.3, 0.4) is 0 Å². The van der Waals surface area contributed by atoms with Crippen LogP contribution < -0.4 is 10.6 Å². The van der Waals surface area contributed by atoms with Gasteiger partial charge in [0.2, 0.25) is 17.7 Å². The molecule has 39 heavy (non-hydrogen) atoms. The van der Waals surface area contributed by atoms with Gasteiger partial charge >= 0.3 is 0 Å². The first-order chi connectivity index (χ1) is 18.8. The van der Waals surface area contributed by atoms with E-state index in [2.05, 4.69) is 38.3 Å². The first kappa shape index (κ1) is 27.9. The largest absolute Gasteiger partial charge is 0.359 e. The standard InChI is InChI=1S/C32H45N3O4/c1-5-6-7-10-19-35-28(30(37)34-24-12-9-8-11-21(24)4)32-18-17-25(39-32)26(27(32)31(35)38)29(36)33-23-15-13-22(14-16-23)20(2)3/h13-18,20-21,24-28H,5-12,19H2,1-4H3,(H,33,36)(H,34,37)/t21-,24+,25-,26-,27-,28+,32+/m1/s1. The van der Waals surface area contributed by atoms with Crippen LogP contribution in [0.4, 0.5) is 5.69 Å². The van der Waals surface area contributed by atoms with Crippen LogP contribution in [0, 0.1) is 17.8 Å². The molecular formula is C32H45N3O4. The fourth-order valence-corrected chi connectivity index (χ4v) is 7.19. The van der Waals surface area contributed by atoms with Crippen LogP contribution >= 0.6 is 0 Å². The molecule has 4 aliphatic rings. The Labute approximate surface area is 233 Å². The monoisotopic (exact) mass is 535 g/mol. The van der Waals surface area contributed by atoms with Gasteiger partial charge in [0.1, 0.15) is 11.6 Å². The van der Waals surface area contributed by atoms with E-state index in [1.807, 2.05) is 36.4 Å². The summed E-state index contributed by atoms with van der Waals surface area (Å²) in [4.78, 5) is 43.4. The Morgan fingerprint density at radius 3 is 2.51 bits per heavy atom. The number of carbonyl (C=O) groups is 3. The number of anilines is 1. The molecule has 2 N–H and O–H groups in total. The summed E-state index contributed by atoms with van der Waals surface area (Å²) in [6.07, 6.45) is 11.6. The maximum Gasteiger partial charge on any atom is 0.246 e. The number of ether oxygens (including phenoxy) is 1. The highest BCUT2D eigenvalue weighted by atomic mass is 16.5. The van der Waals surface area contributed by atoms with Crippen LogP contribution in [0.15, 0.2) is 36.4 Å². The quantitative estimate of drug-likeness (QED) is 0.319. The highest BCUT2D eigenvalue weighted by molar-refractivity contribution is 6.02. The molecule has 1 aliphatic carbocycles. The van der Waals surface area contributed by atoms with E-state index < -0.39 is 29.6 Å². The Bertz CT molecular complexity index is 1100. The van der Waals surface area contributed by atoms with Crippen molar-refractivity contribution in [1.82, 2.24) is 10.2 Å². The number of amides is 3. The summed E-state index contributed by atoms with van der Waals surface area (Å²) in [5.41, 5.74) is 0.800. The average Bonchev–Trinajstić information content (AvgIpc) is 3.55. The minimum absolute atomic E-state index is 0.106. The molecule has 0 unspecified atom stereocenters. The number of unbranched alkanes of at least 4 members (excludes halogenated alkanes) is 3. The van der Waals surface area contributed by atoms with Crippen molar-refractivity contribution in [2.45, 2.75) is 109 Å². The molecule has 2 bridgehead atoms. The van der Waals surface area contributed by atoms with Crippen molar-refractivity contribution in [1.29, 1.82) is 0 Å². The summed E-state index contributed by atoms with van der Waals surface area (Å²) < 4.78 is 6.49. The number of hydrogen-bond donors (Lipinski definition) is 2. The van der Waals surface area contributed by atoms with E-state index in [-0.39, 0.29) is 23.8 Å². The number of rotatable bonds is 10. The second-order valence-corrected chi connectivity index (χ2v) is 12.4. The first-order valence-electron chi connectivity index (χ1n) is 15.2. The van der Waals surface area contributed by atoms with Crippen LogP contribution in [-0.4, -0.2) is 53.0 Å². The molecule has 3 aliphatic heterocycles. The van der Waals surface area contributed by atoms with Crippen LogP contribution in [0.25, 0.3) is 0 Å². The van der Waals surface area contributed by atoms with Gasteiger partial charge in [-0.3, -0.25) is 14.4 Å². The molecule has 7 atom stereocenters. The Balaban J connectivity index is 1.39. The Hall–Kier alpha value is -2.67. The normalized spacial score (nSPS) is 33.1. The van der Waals surface area contributed by atoms with Gasteiger partial charge in [-0.2, -0.15) is 0 Å². The fourth-order valence-electron chi connectivity index (χ4n) is 7.19. The smallest absolute Gasteiger partial charge is 0.246 e. The molecule has 2 saturated heterocycles. The number of fused-ring (bicyclic) bond motifs is 1. The summed E-state index contributed by atoms with van der Waals surface area (Å²) in [5, 5.41) is 6.33. The lowest BCUT2D eigenvalue weighted by Gasteiger charge is -2.36. The molecule has 212 valence electrons. The highest BCUT2D eigenvalue weighted by Crippen LogP contribution is 2.55. The van der Waals surface area contributed by atoms with E-state index in [1.54, 1.807) is 4.90 Å². The molecule has 0 aromatic heterocycles. The topological polar surface area (TPSA) is 87.7 Å². The number of likely N-dealkylation sites (tertiary alicyclic amines) is 1. The molecule has 1 aromatic rings. The van der Waals surface area contributed by atoms with Crippen molar-refractivity contribution < 1.29 is 19.1 Å². The van der Waals surface area contributed by atoms with E-state index in [0.29, 0.717) is 24.1 Å². The summed E-state index contributed by atoms with van der Waals surface area (Å²) in [5.74, 6) is -1.07. The molecule has 1 spiro atoms. The highest BCUT2D eigenvalue weighted by Gasteiger charge is 2.72. The van der Waals surface area contributed by atoms with Gasteiger partial charge in [-0.25, -0.2) is 0 Å². The van der Waals surface area contributed by atoms with Crippen molar-refractivity contribution in [3.05, 3.63) is 42.0 Å². The molecule has 7 nitrogen and oxygen atoms in total. The van der Waals surface area contributed by atoms with E-state index in [4.69, 9.17) is 4.74 Å². The van der Waals surface area contributed by atoms with Gasteiger partial charge in [0.25, 0.3) is 0 Å². The van der Waals surface area contributed by atoms with Crippen molar-refractivity contribution in [2.24, 2.45) is 17.8 Å². The molecule has 5 rings (SSSR count). The molecule has 3 amide bonds. The molecule has 3 fully saturated rings. The van der Waals surface area contributed by atoms with Crippen LogP contribution in [0.2, 0.25) is 0 Å². The van der Waals surface area contributed by atoms with Gasteiger partial charge < -0.3 is 20.3 Å². The lowest BCUT2D eigenvalue weighted by Crippen LogP contribution is -2.57. The van der Waals surface area contributed by atoms with Gasteiger partial charge in [0.05, 0.1) is 17.9 Å². The number of carbonyl (C=O) groups excluding carboxylic acids is 3. The maximum atomic E-state index is 14.0.